The molecule has 1 fully saturated rings. The highest BCUT2D eigenvalue weighted by Crippen LogP contribution is 2.31. The molecule has 1 saturated heterocycles. The van der Waals surface area contributed by atoms with Gasteiger partial charge in [0.15, 0.2) is 0 Å². The second kappa shape index (κ2) is 5.35. The van der Waals surface area contributed by atoms with Crippen LogP contribution < -0.4 is 9.80 Å². The number of carbonyl (C=O) groups is 1. The molecule has 2 aliphatic rings. The molecule has 0 spiro atoms. The van der Waals surface area contributed by atoms with Crippen molar-refractivity contribution in [2.24, 2.45) is 5.92 Å². The minimum atomic E-state index is -0.660. The van der Waals surface area contributed by atoms with E-state index >= 15 is 0 Å². The van der Waals surface area contributed by atoms with Crippen LogP contribution in [0.25, 0.3) is 0 Å². The zero-order chi connectivity index (χ0) is 14.1. The van der Waals surface area contributed by atoms with E-state index in [2.05, 4.69) is 35.0 Å². The van der Waals surface area contributed by atoms with Crippen molar-refractivity contribution in [2.75, 3.05) is 36.5 Å². The molecule has 1 N–H and O–H groups in total. The fourth-order valence-corrected chi connectivity index (χ4v) is 3.38. The Morgan fingerprint density at radius 1 is 1.30 bits per heavy atom. The molecular formula is C16H22N2O2. The van der Waals surface area contributed by atoms with E-state index < -0.39 is 5.97 Å². The molecule has 0 amide bonds. The zero-order valence-electron chi connectivity index (χ0n) is 12.0. The lowest BCUT2D eigenvalue weighted by Crippen LogP contribution is -2.38. The Morgan fingerprint density at radius 3 is 2.95 bits per heavy atom. The number of carboxylic acid groups (broad SMARTS) is 1. The van der Waals surface area contributed by atoms with Gasteiger partial charge in [0.05, 0.1) is 5.92 Å². The van der Waals surface area contributed by atoms with Crippen LogP contribution in [0.4, 0.5) is 11.4 Å². The molecule has 4 heteroatoms. The quantitative estimate of drug-likeness (QED) is 0.899. The number of hydrogen-bond donors (Lipinski definition) is 1. The Bertz CT molecular complexity index is 515. The van der Waals surface area contributed by atoms with Gasteiger partial charge in [0.25, 0.3) is 0 Å². The smallest absolute Gasteiger partial charge is 0.308 e. The number of carboxylic acids is 1. The number of aliphatic carboxylic acids is 1. The molecule has 4 nitrogen and oxygen atoms in total. The molecule has 1 atom stereocenters. The monoisotopic (exact) mass is 274 g/mol. The van der Waals surface area contributed by atoms with Gasteiger partial charge in [0, 0.05) is 38.1 Å². The van der Waals surface area contributed by atoms with Gasteiger partial charge in [-0.05, 0) is 49.4 Å². The summed E-state index contributed by atoms with van der Waals surface area (Å²) in [5.74, 6) is -0.880. The predicted octanol–water partition coefficient (Wildman–Crippen LogP) is 2.37. The lowest BCUT2D eigenvalue weighted by atomic mass is 9.96. The van der Waals surface area contributed by atoms with Crippen molar-refractivity contribution >= 4 is 17.3 Å². The number of hydrogen-bond acceptors (Lipinski definition) is 3. The Morgan fingerprint density at radius 2 is 2.15 bits per heavy atom. The number of benzene rings is 1. The predicted molar refractivity (Wildman–Crippen MR) is 80.6 cm³/mol. The summed E-state index contributed by atoms with van der Waals surface area (Å²) in [6.45, 7) is 2.74. The average Bonchev–Trinajstić information content (AvgIpc) is 2.47. The second-order valence-corrected chi connectivity index (χ2v) is 5.96. The van der Waals surface area contributed by atoms with Crippen LogP contribution in [0.1, 0.15) is 24.8 Å². The molecule has 2 heterocycles. The number of aryl methyl sites for hydroxylation is 1. The maximum Gasteiger partial charge on any atom is 0.308 e. The third kappa shape index (κ3) is 2.47. The van der Waals surface area contributed by atoms with Crippen LogP contribution in [0.15, 0.2) is 18.2 Å². The van der Waals surface area contributed by atoms with Crippen LogP contribution in [0.5, 0.6) is 0 Å². The lowest BCUT2D eigenvalue weighted by Gasteiger charge is -2.34. The molecule has 108 valence electrons. The van der Waals surface area contributed by atoms with Gasteiger partial charge in [-0.1, -0.05) is 0 Å². The van der Waals surface area contributed by atoms with Crippen molar-refractivity contribution in [1.29, 1.82) is 0 Å². The number of rotatable bonds is 2. The van der Waals surface area contributed by atoms with Crippen molar-refractivity contribution in [2.45, 2.75) is 25.7 Å². The van der Waals surface area contributed by atoms with Crippen LogP contribution >= 0.6 is 0 Å². The standard InChI is InChI=1S/C16H22N2O2/c1-17-8-2-4-12-10-14(6-7-15(12)17)18-9-3-5-13(11-18)16(19)20/h6-7,10,13H,2-5,8-9,11H2,1H3,(H,19,20). The Kier molecular flexibility index (Phi) is 3.55. The highest BCUT2D eigenvalue weighted by atomic mass is 16.4. The van der Waals surface area contributed by atoms with E-state index in [9.17, 15) is 9.90 Å². The molecular weight excluding hydrogens is 252 g/mol. The van der Waals surface area contributed by atoms with E-state index in [4.69, 9.17) is 0 Å². The maximum absolute atomic E-state index is 11.2. The summed E-state index contributed by atoms with van der Waals surface area (Å²) in [5.41, 5.74) is 3.91. The molecule has 3 rings (SSSR count). The van der Waals surface area contributed by atoms with Crippen LogP contribution in [-0.4, -0.2) is 37.8 Å². The van der Waals surface area contributed by atoms with Gasteiger partial charge in [0.2, 0.25) is 0 Å². The van der Waals surface area contributed by atoms with Gasteiger partial charge in [-0.15, -0.1) is 0 Å². The van der Waals surface area contributed by atoms with Crippen LogP contribution in [0.3, 0.4) is 0 Å². The van der Waals surface area contributed by atoms with Gasteiger partial charge < -0.3 is 14.9 Å². The number of anilines is 2. The molecule has 1 unspecified atom stereocenters. The number of piperidine rings is 1. The summed E-state index contributed by atoms with van der Waals surface area (Å²) in [7, 11) is 2.14. The zero-order valence-corrected chi connectivity index (χ0v) is 12.0. The molecule has 1 aromatic rings. The first kappa shape index (κ1) is 13.3. The van der Waals surface area contributed by atoms with E-state index in [-0.39, 0.29) is 5.92 Å². The molecule has 0 aromatic heterocycles. The average molecular weight is 274 g/mol. The largest absolute Gasteiger partial charge is 0.481 e. The molecule has 0 bridgehead atoms. The minimum absolute atomic E-state index is 0.220. The Labute approximate surface area is 120 Å². The highest BCUT2D eigenvalue weighted by molar-refractivity contribution is 5.71. The van der Waals surface area contributed by atoms with Crippen molar-refractivity contribution in [3.8, 4) is 0 Å². The van der Waals surface area contributed by atoms with Gasteiger partial charge in [-0.3, -0.25) is 4.79 Å². The summed E-state index contributed by atoms with van der Waals surface area (Å²) in [4.78, 5) is 15.7. The number of nitrogens with zero attached hydrogens (tertiary/aromatic N) is 2. The summed E-state index contributed by atoms with van der Waals surface area (Å²) in [5, 5.41) is 9.20. The van der Waals surface area contributed by atoms with E-state index in [0.717, 1.165) is 32.4 Å². The van der Waals surface area contributed by atoms with Crippen molar-refractivity contribution < 1.29 is 9.90 Å². The summed E-state index contributed by atoms with van der Waals surface area (Å²) >= 11 is 0. The third-order valence-corrected chi connectivity index (χ3v) is 4.55. The number of fused-ring (bicyclic) bond motifs is 1. The molecule has 0 saturated carbocycles. The second-order valence-electron chi connectivity index (χ2n) is 5.96. The first-order valence-corrected chi connectivity index (χ1v) is 7.47. The summed E-state index contributed by atoms with van der Waals surface area (Å²) < 4.78 is 0. The summed E-state index contributed by atoms with van der Waals surface area (Å²) in [6.07, 6.45) is 4.10. The maximum atomic E-state index is 11.2. The Balaban J connectivity index is 1.82. The first-order valence-electron chi connectivity index (χ1n) is 7.47. The molecule has 2 aliphatic heterocycles. The summed E-state index contributed by atoms with van der Waals surface area (Å²) in [6, 6.07) is 6.59. The molecule has 0 aliphatic carbocycles. The Hall–Kier alpha value is -1.71. The van der Waals surface area contributed by atoms with Crippen LogP contribution in [0, 0.1) is 5.92 Å². The van der Waals surface area contributed by atoms with Gasteiger partial charge in [0.1, 0.15) is 0 Å². The fourth-order valence-electron chi connectivity index (χ4n) is 3.38. The molecule has 20 heavy (non-hydrogen) atoms. The third-order valence-electron chi connectivity index (χ3n) is 4.55. The minimum Gasteiger partial charge on any atom is -0.481 e. The first-order chi connectivity index (χ1) is 9.65. The van der Waals surface area contributed by atoms with E-state index in [0.29, 0.717) is 6.54 Å². The van der Waals surface area contributed by atoms with Crippen molar-refractivity contribution in [3.05, 3.63) is 23.8 Å². The van der Waals surface area contributed by atoms with Crippen molar-refractivity contribution in [3.63, 3.8) is 0 Å². The van der Waals surface area contributed by atoms with Crippen LogP contribution in [0.2, 0.25) is 0 Å². The van der Waals surface area contributed by atoms with E-state index in [1.165, 1.54) is 23.4 Å². The molecule has 1 aromatic carbocycles. The van der Waals surface area contributed by atoms with E-state index in [1.807, 2.05) is 0 Å². The van der Waals surface area contributed by atoms with Crippen molar-refractivity contribution in [1.82, 2.24) is 0 Å². The normalized spacial score (nSPS) is 22.6. The highest BCUT2D eigenvalue weighted by Gasteiger charge is 2.26. The van der Waals surface area contributed by atoms with Gasteiger partial charge >= 0.3 is 5.97 Å². The molecule has 0 radical (unpaired) electrons. The fraction of sp³-hybridized carbons (Fsp3) is 0.562. The van der Waals surface area contributed by atoms with Crippen LogP contribution in [-0.2, 0) is 11.2 Å². The van der Waals surface area contributed by atoms with Gasteiger partial charge in [-0.2, -0.15) is 0 Å². The van der Waals surface area contributed by atoms with E-state index in [1.54, 1.807) is 0 Å². The topological polar surface area (TPSA) is 43.8 Å². The SMILES string of the molecule is CN1CCCc2cc(N3CCCC(C(=O)O)C3)ccc21. The van der Waals surface area contributed by atoms with Gasteiger partial charge in [-0.25, -0.2) is 0 Å². The lowest BCUT2D eigenvalue weighted by molar-refractivity contribution is -0.141.